The molecule has 0 aliphatic rings. The van der Waals surface area contributed by atoms with E-state index in [2.05, 4.69) is 0 Å². The molecule has 0 aliphatic heterocycles. The average molecular weight is 182 g/mol. The summed E-state index contributed by atoms with van der Waals surface area (Å²) in [6.45, 7) is 3.84. The smallest absolute Gasteiger partial charge is 0.0577 e. The zero-order chi connectivity index (χ0) is 8.27. The van der Waals surface area contributed by atoms with Crippen molar-refractivity contribution < 1.29 is 5.11 Å². The van der Waals surface area contributed by atoms with Crippen molar-refractivity contribution in [2.75, 3.05) is 0 Å². The van der Waals surface area contributed by atoms with Gasteiger partial charge in [0, 0.05) is 5.92 Å². The molecule has 2 heteroatoms. The molecule has 1 rings (SSSR count). The van der Waals surface area contributed by atoms with Crippen LogP contribution in [0.15, 0.2) is 30.3 Å². The number of hydrogen-bond acceptors (Lipinski definition) is 1. The molecule has 0 bridgehead atoms. The van der Waals surface area contributed by atoms with E-state index in [1.807, 2.05) is 44.2 Å². The molecule has 1 N–H and O–H groups in total. The second-order valence-corrected chi connectivity index (χ2v) is 2.94. The molecule has 0 spiro atoms. The summed E-state index contributed by atoms with van der Waals surface area (Å²) in [5.74, 6) is 0.233. The Balaban J connectivity index is 0.00000121. The molecule has 0 heterocycles. The summed E-state index contributed by atoms with van der Waals surface area (Å²) in [6.07, 6.45) is -0.266. The van der Waals surface area contributed by atoms with Crippen LogP contribution in [0.3, 0.4) is 0 Å². The zero-order valence-electron chi connectivity index (χ0n) is 6.99. The van der Waals surface area contributed by atoms with Crippen LogP contribution in [0, 0.1) is 0 Å². The van der Waals surface area contributed by atoms with Crippen molar-refractivity contribution in [1.82, 2.24) is 0 Å². The van der Waals surface area contributed by atoms with Gasteiger partial charge in [0.05, 0.1) is 6.10 Å². The lowest BCUT2D eigenvalue weighted by molar-refractivity contribution is 0.169. The fourth-order valence-corrected chi connectivity index (χ4v) is 1.04. The standard InChI is InChI=1S/C10H14O.H4Si/c1-8(9(2)11)10-6-4-3-5-7-10;/h3-9,11H,1-2H3;1H4. The molecule has 68 valence electrons. The maximum Gasteiger partial charge on any atom is 0.0577 e. The van der Waals surface area contributed by atoms with Gasteiger partial charge in [-0.15, -0.1) is 0 Å². The van der Waals surface area contributed by atoms with Gasteiger partial charge in [-0.2, -0.15) is 0 Å². The predicted octanol–water partition coefficient (Wildman–Crippen LogP) is 0.719. The lowest BCUT2D eigenvalue weighted by Crippen LogP contribution is -2.10. The van der Waals surface area contributed by atoms with Crippen molar-refractivity contribution >= 4 is 11.0 Å². The van der Waals surface area contributed by atoms with Gasteiger partial charge >= 0.3 is 0 Å². The van der Waals surface area contributed by atoms with Crippen molar-refractivity contribution in [2.24, 2.45) is 0 Å². The molecule has 2 atom stereocenters. The number of benzene rings is 1. The van der Waals surface area contributed by atoms with E-state index in [0.717, 1.165) is 0 Å². The molecule has 1 aromatic carbocycles. The van der Waals surface area contributed by atoms with Gasteiger partial charge in [-0.05, 0) is 23.5 Å². The predicted molar refractivity (Wildman–Crippen MR) is 57.9 cm³/mol. The molecule has 2 unspecified atom stereocenters. The summed E-state index contributed by atoms with van der Waals surface area (Å²) in [5, 5.41) is 9.27. The summed E-state index contributed by atoms with van der Waals surface area (Å²) in [6, 6.07) is 10.1. The van der Waals surface area contributed by atoms with E-state index >= 15 is 0 Å². The third kappa shape index (κ3) is 2.79. The van der Waals surface area contributed by atoms with Gasteiger partial charge in [0.15, 0.2) is 0 Å². The van der Waals surface area contributed by atoms with Crippen molar-refractivity contribution in [2.45, 2.75) is 25.9 Å². The second kappa shape index (κ2) is 5.12. The van der Waals surface area contributed by atoms with E-state index in [0.29, 0.717) is 0 Å². The first-order valence-electron chi connectivity index (χ1n) is 3.95. The number of hydrogen-bond donors (Lipinski definition) is 1. The van der Waals surface area contributed by atoms with Gasteiger partial charge in [-0.1, -0.05) is 37.3 Å². The van der Waals surface area contributed by atoms with Crippen LogP contribution in [0.4, 0.5) is 0 Å². The first-order chi connectivity index (χ1) is 5.22. The van der Waals surface area contributed by atoms with Crippen LogP contribution in [0.2, 0.25) is 0 Å². The molecular weight excluding hydrogens is 164 g/mol. The van der Waals surface area contributed by atoms with Gasteiger partial charge in [-0.3, -0.25) is 0 Å². The van der Waals surface area contributed by atoms with E-state index < -0.39 is 0 Å². The van der Waals surface area contributed by atoms with Crippen LogP contribution in [0.5, 0.6) is 0 Å². The Morgan fingerprint density at radius 1 is 1.08 bits per heavy atom. The molecule has 0 aliphatic carbocycles. The van der Waals surface area contributed by atoms with E-state index in [1.54, 1.807) is 0 Å². The topological polar surface area (TPSA) is 20.2 Å². The molecule has 0 aromatic heterocycles. The minimum Gasteiger partial charge on any atom is -0.393 e. The van der Waals surface area contributed by atoms with Gasteiger partial charge < -0.3 is 5.11 Å². The molecule has 12 heavy (non-hydrogen) atoms. The lowest BCUT2D eigenvalue weighted by atomic mass is 9.97. The Bertz CT molecular complexity index is 208. The minimum absolute atomic E-state index is 0. The maximum absolute atomic E-state index is 9.27. The normalized spacial score (nSPS) is 14.6. The summed E-state index contributed by atoms with van der Waals surface area (Å²) in [7, 11) is 0. The Morgan fingerprint density at radius 2 is 1.58 bits per heavy atom. The molecule has 0 radical (unpaired) electrons. The largest absolute Gasteiger partial charge is 0.393 e. The van der Waals surface area contributed by atoms with E-state index in [9.17, 15) is 5.11 Å². The van der Waals surface area contributed by atoms with Crippen LogP contribution in [0.1, 0.15) is 25.3 Å². The first kappa shape index (κ1) is 11.4. The molecule has 1 nitrogen and oxygen atoms in total. The molecule has 0 saturated heterocycles. The highest BCUT2D eigenvalue weighted by Gasteiger charge is 2.09. The van der Waals surface area contributed by atoms with Crippen LogP contribution < -0.4 is 0 Å². The van der Waals surface area contributed by atoms with Crippen molar-refractivity contribution in [3.8, 4) is 0 Å². The van der Waals surface area contributed by atoms with Gasteiger partial charge in [0.25, 0.3) is 0 Å². The number of rotatable bonds is 2. The summed E-state index contributed by atoms with van der Waals surface area (Å²) < 4.78 is 0. The number of aliphatic hydroxyl groups is 1. The third-order valence-corrected chi connectivity index (χ3v) is 2.05. The van der Waals surface area contributed by atoms with Crippen molar-refractivity contribution in [3.05, 3.63) is 35.9 Å². The first-order valence-corrected chi connectivity index (χ1v) is 3.95. The minimum atomic E-state index is -0.266. The Morgan fingerprint density at radius 3 is 2.00 bits per heavy atom. The fraction of sp³-hybridized carbons (Fsp3) is 0.400. The zero-order valence-corrected chi connectivity index (χ0v) is 6.99. The maximum atomic E-state index is 9.27. The fourth-order valence-electron chi connectivity index (χ4n) is 1.04. The van der Waals surface area contributed by atoms with Gasteiger partial charge in [0.1, 0.15) is 0 Å². The third-order valence-electron chi connectivity index (χ3n) is 2.05. The van der Waals surface area contributed by atoms with E-state index in [1.165, 1.54) is 5.56 Å². The van der Waals surface area contributed by atoms with Gasteiger partial charge in [-0.25, -0.2) is 0 Å². The Kier molecular flexibility index (Phi) is 4.86. The Labute approximate surface area is 78.5 Å². The van der Waals surface area contributed by atoms with E-state index in [-0.39, 0.29) is 23.0 Å². The van der Waals surface area contributed by atoms with Crippen molar-refractivity contribution in [1.29, 1.82) is 0 Å². The number of aliphatic hydroxyl groups excluding tert-OH is 1. The lowest BCUT2D eigenvalue weighted by Gasteiger charge is -2.14. The van der Waals surface area contributed by atoms with Crippen LogP contribution in [-0.4, -0.2) is 22.2 Å². The monoisotopic (exact) mass is 182 g/mol. The molecule has 0 saturated carbocycles. The average Bonchev–Trinajstić information content (AvgIpc) is 2.05. The highest BCUT2D eigenvalue weighted by atomic mass is 28.1. The molecular formula is C10H18OSi. The van der Waals surface area contributed by atoms with Crippen LogP contribution >= 0.6 is 0 Å². The molecule has 0 fully saturated rings. The summed E-state index contributed by atoms with van der Waals surface area (Å²) >= 11 is 0. The van der Waals surface area contributed by atoms with Gasteiger partial charge in [0.2, 0.25) is 0 Å². The van der Waals surface area contributed by atoms with Crippen LogP contribution in [-0.2, 0) is 0 Å². The highest BCUT2D eigenvalue weighted by Crippen LogP contribution is 2.17. The second-order valence-electron chi connectivity index (χ2n) is 2.94. The SMILES string of the molecule is CC(O)C(C)c1ccccc1.[SiH4]. The van der Waals surface area contributed by atoms with Crippen LogP contribution in [0.25, 0.3) is 0 Å². The summed E-state index contributed by atoms with van der Waals surface area (Å²) in [5.41, 5.74) is 1.20. The quantitative estimate of drug-likeness (QED) is 0.668. The molecule has 0 amide bonds. The van der Waals surface area contributed by atoms with E-state index in [4.69, 9.17) is 0 Å². The Hall–Kier alpha value is -0.603. The summed E-state index contributed by atoms with van der Waals surface area (Å²) in [4.78, 5) is 0. The molecule has 1 aromatic rings. The van der Waals surface area contributed by atoms with Crippen molar-refractivity contribution in [3.63, 3.8) is 0 Å². The highest BCUT2D eigenvalue weighted by molar-refractivity contribution is 5.75.